The summed E-state index contributed by atoms with van der Waals surface area (Å²) in [6, 6.07) is 70.1. The predicted molar refractivity (Wildman–Crippen MR) is 437 cm³/mol. The fourth-order valence-electron chi connectivity index (χ4n) is 13.4. The second-order valence-electron chi connectivity index (χ2n) is 28.5. The third-order valence-corrected chi connectivity index (χ3v) is 23.4. The third kappa shape index (κ3) is 23.1. The molecule has 16 heterocycles. The van der Waals surface area contributed by atoms with E-state index in [9.17, 15) is 87.8 Å². The SMILES string of the molecule is C[Si](C)(c1cccc(-c2[c-]cc(F)nc2F)n1)c1cccc(-n2[c-]cc(C(F)(F)F)n2)n1.Fc1c[c-]c(-c2cccc(C3(c4cccc(-n5[c-]cc(C(F)(F)F)n5)n4)c4ccccc4-c4ccccc43)n2)c(F)n1.Fc1c[c-]c(-c2cccc(Oc3cccc(-n4[c-]cc(C(F)(F)F)n4)n3)n2)c(F)n1.Fc1c[c-]c(-c2cccc(Sc3cccc(-n4[c-]cc(C(F)(F)F)n4)n3)n2)c(F)n1.[Pt+2].[Pt+2].[Pt+2].[Pt+2]. The van der Waals surface area contributed by atoms with Crippen molar-refractivity contribution < 1.29 is 177 Å². The van der Waals surface area contributed by atoms with E-state index in [1.807, 2.05) is 61.6 Å². The van der Waals surface area contributed by atoms with Gasteiger partial charge < -0.3 is 33.4 Å². The van der Waals surface area contributed by atoms with Crippen molar-refractivity contribution in [3.8, 4) is 91.2 Å². The van der Waals surface area contributed by atoms with Crippen LogP contribution in [0.4, 0.5) is 87.8 Å². The molecule has 0 fully saturated rings. The summed E-state index contributed by atoms with van der Waals surface area (Å²) >= 11 is 1.10. The van der Waals surface area contributed by atoms with E-state index in [0.29, 0.717) is 38.1 Å². The largest absolute Gasteiger partial charge is 2.00 e. The summed E-state index contributed by atoms with van der Waals surface area (Å²) in [4.78, 5) is 48.0. The van der Waals surface area contributed by atoms with Gasteiger partial charge in [0.05, 0.1) is 61.8 Å². The minimum Gasteiger partial charge on any atom is -0.423 e. The molecule has 0 aliphatic heterocycles. The topological polar surface area (TPSA) is 235 Å². The van der Waals surface area contributed by atoms with Crippen LogP contribution in [0.1, 0.15) is 45.3 Å². The van der Waals surface area contributed by atoms with Crippen LogP contribution < -0.4 is 15.4 Å². The number of ether oxygens (including phenoxy) is 1. The average molecular weight is 2660 g/mol. The van der Waals surface area contributed by atoms with Crippen LogP contribution in [-0.2, 0) is 114 Å². The van der Waals surface area contributed by atoms with E-state index in [1.54, 1.807) is 84.9 Å². The van der Waals surface area contributed by atoms with Crippen LogP contribution >= 0.6 is 11.8 Å². The Morgan fingerprint density at radius 2 is 0.601 bits per heavy atom. The van der Waals surface area contributed by atoms with Gasteiger partial charge in [-0.2, -0.15) is 52.7 Å². The summed E-state index contributed by atoms with van der Waals surface area (Å²) in [5.74, 6) is -7.76. The van der Waals surface area contributed by atoms with Gasteiger partial charge in [-0.25, -0.2) is 35.1 Å². The maximum absolute atomic E-state index is 14.7. The Kier molecular flexibility index (Phi) is 32.2. The minimum absolute atomic E-state index is 0. The number of pyridine rings is 12. The molecule has 18 aromatic rings. The summed E-state index contributed by atoms with van der Waals surface area (Å²) in [6.07, 6.45) is -8.78. The maximum atomic E-state index is 14.7. The van der Waals surface area contributed by atoms with E-state index in [1.165, 1.54) is 60.7 Å². The van der Waals surface area contributed by atoms with Crippen molar-refractivity contribution in [2.24, 2.45) is 0 Å². The molecule has 0 amide bonds. The Labute approximate surface area is 829 Å². The predicted octanol–water partition coefficient (Wildman–Crippen LogP) is 19.6. The van der Waals surface area contributed by atoms with Crippen LogP contribution in [0.15, 0.2) is 253 Å². The first kappa shape index (κ1) is 104. The molecule has 0 atom stereocenters. The molecule has 0 unspecified atom stereocenters. The summed E-state index contributed by atoms with van der Waals surface area (Å²) in [6.45, 7) is 3.89. The molecule has 47 heteroatoms. The van der Waals surface area contributed by atoms with Crippen LogP contribution in [0.3, 0.4) is 0 Å². The summed E-state index contributed by atoms with van der Waals surface area (Å²) < 4.78 is 273. The van der Waals surface area contributed by atoms with Crippen LogP contribution in [0, 0.1) is 96.6 Å². The second-order valence-corrected chi connectivity index (χ2v) is 33.8. The number of benzene rings is 2. The van der Waals surface area contributed by atoms with Gasteiger partial charge in [0.15, 0.2) is 8.07 Å². The van der Waals surface area contributed by atoms with E-state index in [0.717, 1.165) is 95.2 Å². The standard InChI is InChI=1S/C32H16F5N5.C21H14F5N5Si.C19H8F5N5O.C19H8F5N5S.4Pt/c33-28-16-15-21(30(34)40-28)24-11-5-12-25(38-24)31(22-9-3-1-7-19(22)20-8-2-4-10-23(20)31)26-13-6-14-29(39-26)42-18-17-27(41-42)32(35,36)37;1-32(2,18-7-3-5-14(27-18)13-9-10-16(22)28-20(13)23)19-8-4-6-17(29-19)31-12-11-15(30-31)21(24,25)26;2*20-14-8-7-11(18(21)26-14)12-3-1-5-16(25-12)30-17-6-2-4-15(27-17)29-10-9-13(28-29)19(22,23)24;;;;/h1-14,16-17H;3-8,10-11H,1-2H3;2*1-6,8-9H;;;;/q4*-2;4*+2. The fraction of sp³-hybridized carbons (Fsp3) is 0.0769. The van der Waals surface area contributed by atoms with Gasteiger partial charge in [-0.1, -0.05) is 242 Å². The first-order valence-corrected chi connectivity index (χ1v) is 42.2. The van der Waals surface area contributed by atoms with E-state index >= 15 is 0 Å². The van der Waals surface area contributed by atoms with Gasteiger partial charge in [0.1, 0.15) is 53.0 Å². The van der Waals surface area contributed by atoms with E-state index in [4.69, 9.17) is 14.7 Å². The molecule has 706 valence electrons. The zero-order valence-corrected chi connectivity index (χ0v) is 79.6. The smallest absolute Gasteiger partial charge is 0.423 e. The fourth-order valence-corrected chi connectivity index (χ4v) is 16.2. The molecular formula is C91H46F20N20OPt4SSi. The summed E-state index contributed by atoms with van der Waals surface area (Å²) in [5.41, 5.74) is -0.883. The number of halogens is 20. The molecule has 0 saturated carbocycles. The van der Waals surface area contributed by atoms with E-state index in [2.05, 4.69) is 119 Å². The van der Waals surface area contributed by atoms with Gasteiger partial charge in [-0.05, 0) is 93.6 Å². The number of aromatic nitrogens is 20. The molecule has 19 rings (SSSR count). The number of nitrogens with zero attached hydrogens (tertiary/aromatic N) is 20. The van der Waals surface area contributed by atoms with Crippen molar-refractivity contribution in [2.75, 3.05) is 0 Å². The monoisotopic (exact) mass is 2650 g/mol. The third-order valence-electron chi connectivity index (χ3n) is 19.4. The number of hydrogen-bond donors (Lipinski definition) is 0. The second kappa shape index (κ2) is 42.8. The van der Waals surface area contributed by atoms with Gasteiger partial charge in [-0.15, -0.1) is 48.5 Å². The zero-order chi connectivity index (χ0) is 94.8. The van der Waals surface area contributed by atoms with Gasteiger partial charge in [0.2, 0.25) is 11.8 Å². The Morgan fingerprint density at radius 1 is 0.297 bits per heavy atom. The molecule has 0 bridgehead atoms. The first-order chi connectivity index (χ1) is 63.9. The molecule has 1 aliphatic rings. The molecule has 0 saturated heterocycles. The molecule has 21 nitrogen and oxygen atoms in total. The van der Waals surface area contributed by atoms with Crippen LogP contribution in [0.25, 0.3) is 79.4 Å². The molecular weight excluding hydrogens is 2610 g/mol. The molecule has 1 aliphatic carbocycles. The number of alkyl halides is 12. The average Bonchev–Trinajstić information content (AvgIpc) is 1.53. The van der Waals surface area contributed by atoms with Gasteiger partial charge >= 0.3 is 109 Å². The van der Waals surface area contributed by atoms with Gasteiger partial charge in [0, 0.05) is 16.3 Å². The first-order valence-electron chi connectivity index (χ1n) is 38.4. The van der Waals surface area contributed by atoms with Crippen molar-refractivity contribution in [3.63, 3.8) is 0 Å². The van der Waals surface area contributed by atoms with E-state index in [-0.39, 0.29) is 164 Å². The number of rotatable bonds is 16. The van der Waals surface area contributed by atoms with Crippen LogP contribution in [0.2, 0.25) is 13.1 Å². The molecule has 0 radical (unpaired) electrons. The quantitative estimate of drug-likeness (QED) is 0.0378. The Hall–Kier alpha value is -13.2. The number of hydrogen-bond acceptors (Lipinski definition) is 18. The van der Waals surface area contributed by atoms with E-state index < -0.39 is 109 Å². The van der Waals surface area contributed by atoms with Crippen LogP contribution in [-0.4, -0.2) is 107 Å². The molecule has 16 aromatic heterocycles. The van der Waals surface area contributed by atoms with Crippen LogP contribution in [0.5, 0.6) is 11.8 Å². The molecule has 2 aromatic carbocycles. The van der Waals surface area contributed by atoms with Crippen molar-refractivity contribution in [1.82, 2.24) is 98.9 Å². The van der Waals surface area contributed by atoms with Gasteiger partial charge in [-0.3, -0.25) is 70.2 Å². The Balaban J connectivity index is 0.000000165. The molecule has 138 heavy (non-hydrogen) atoms. The molecule has 0 N–H and O–H groups in total. The summed E-state index contributed by atoms with van der Waals surface area (Å²) in [5, 5.41) is 16.1. The minimum atomic E-state index is -4.64. The zero-order valence-electron chi connectivity index (χ0n) is 68.7. The normalized spacial score (nSPS) is 12.0. The summed E-state index contributed by atoms with van der Waals surface area (Å²) in [7, 11) is -2.57. The van der Waals surface area contributed by atoms with Gasteiger partial charge in [0.25, 0.3) is 0 Å². The van der Waals surface area contributed by atoms with Crippen molar-refractivity contribution in [3.05, 3.63) is 385 Å². The van der Waals surface area contributed by atoms with Crippen molar-refractivity contribution >= 4 is 30.5 Å². The maximum Gasteiger partial charge on any atom is 2.00 e. The number of fused-ring (bicyclic) bond motifs is 3. The van der Waals surface area contributed by atoms with Crippen molar-refractivity contribution in [1.29, 1.82) is 0 Å². The Morgan fingerprint density at radius 3 is 1.01 bits per heavy atom. The Bertz CT molecular complexity index is 7180. The van der Waals surface area contributed by atoms with Crippen molar-refractivity contribution in [2.45, 2.75) is 53.3 Å². The molecule has 0 spiro atoms.